The van der Waals surface area contributed by atoms with Crippen molar-refractivity contribution in [2.75, 3.05) is 13.1 Å². The van der Waals surface area contributed by atoms with Gasteiger partial charge >= 0.3 is 0 Å². The Morgan fingerprint density at radius 3 is 2.80 bits per heavy atom. The Morgan fingerprint density at radius 2 is 2.09 bits per heavy atom. The lowest BCUT2D eigenvalue weighted by atomic mass is 10.0. The molecule has 1 fully saturated rings. The first-order chi connectivity index (χ1) is 17.0. The van der Waals surface area contributed by atoms with Crippen LogP contribution in [0, 0.1) is 6.92 Å². The molecule has 0 bridgehead atoms. The Hall–Kier alpha value is -3.60. The normalized spacial score (nSPS) is 14.5. The average Bonchev–Trinajstić information content (AvgIpc) is 3.50. The zero-order chi connectivity index (χ0) is 24.6. The van der Waals surface area contributed by atoms with Crippen molar-refractivity contribution in [1.29, 1.82) is 0 Å². The predicted molar refractivity (Wildman–Crippen MR) is 129 cm³/mol. The summed E-state index contributed by atoms with van der Waals surface area (Å²) in [6, 6.07) is 5.58. The van der Waals surface area contributed by atoms with Gasteiger partial charge in [0, 0.05) is 42.8 Å². The lowest BCUT2D eigenvalue weighted by molar-refractivity contribution is -0.127. The van der Waals surface area contributed by atoms with Gasteiger partial charge in [-0.3, -0.25) is 14.7 Å². The van der Waals surface area contributed by atoms with E-state index in [0.717, 1.165) is 36.1 Å². The molecule has 12 heteroatoms. The van der Waals surface area contributed by atoms with Crippen molar-refractivity contribution in [3.8, 4) is 0 Å². The zero-order valence-corrected chi connectivity index (χ0v) is 20.3. The largest absolute Gasteiger partial charge is 0.353 e. The van der Waals surface area contributed by atoms with E-state index in [9.17, 15) is 9.59 Å². The first-order valence-electron chi connectivity index (χ1n) is 11.6. The van der Waals surface area contributed by atoms with E-state index in [1.165, 1.54) is 4.80 Å². The smallest absolute Gasteiger partial charge is 0.246 e. The molecule has 2 aromatic heterocycles. The summed E-state index contributed by atoms with van der Waals surface area (Å²) < 4.78 is 0. The molecule has 0 radical (unpaired) electrons. The molecule has 1 saturated heterocycles. The van der Waals surface area contributed by atoms with Crippen molar-refractivity contribution >= 4 is 29.5 Å². The number of carbonyl (C=O) groups excluding carboxylic acids is 2. The highest BCUT2D eigenvalue weighted by Gasteiger charge is 2.22. The zero-order valence-electron chi connectivity index (χ0n) is 19.5. The van der Waals surface area contributed by atoms with Gasteiger partial charge in [0.05, 0.1) is 12.2 Å². The lowest BCUT2D eigenvalue weighted by Crippen LogP contribution is -2.46. The van der Waals surface area contributed by atoms with E-state index in [0.29, 0.717) is 43.3 Å². The van der Waals surface area contributed by atoms with Crippen LogP contribution < -0.4 is 5.32 Å². The molecule has 0 spiro atoms. The minimum absolute atomic E-state index is 0.0329. The summed E-state index contributed by atoms with van der Waals surface area (Å²) in [5.41, 5.74) is 2.61. The number of hydrogen-bond acceptors (Lipinski definition) is 7. The van der Waals surface area contributed by atoms with Gasteiger partial charge in [-0.1, -0.05) is 22.9 Å². The molecule has 11 nitrogen and oxygen atoms in total. The maximum atomic E-state index is 12.8. The molecule has 1 aliphatic heterocycles. The Kier molecular flexibility index (Phi) is 8.19. The second kappa shape index (κ2) is 11.7. The number of hydrogen-bond donors (Lipinski definition) is 2. The number of piperidine rings is 1. The first kappa shape index (κ1) is 24.5. The van der Waals surface area contributed by atoms with Gasteiger partial charge in [0.2, 0.25) is 11.8 Å². The third-order valence-electron chi connectivity index (χ3n) is 5.85. The van der Waals surface area contributed by atoms with Crippen LogP contribution in [0.4, 0.5) is 0 Å². The third kappa shape index (κ3) is 7.19. The summed E-state index contributed by atoms with van der Waals surface area (Å²) in [5, 5.41) is 26.0. The number of tetrazole rings is 1. The quantitative estimate of drug-likeness (QED) is 0.431. The molecule has 2 amide bonds. The number of nitrogens with one attached hydrogen (secondary N) is 2. The molecule has 2 N–H and O–H groups in total. The number of amides is 2. The van der Waals surface area contributed by atoms with Gasteiger partial charge in [0.25, 0.3) is 0 Å². The number of halogens is 1. The first-order valence-corrected chi connectivity index (χ1v) is 12.0. The van der Waals surface area contributed by atoms with Crippen LogP contribution in [-0.2, 0) is 22.6 Å². The summed E-state index contributed by atoms with van der Waals surface area (Å²) in [4.78, 5) is 28.3. The van der Waals surface area contributed by atoms with Gasteiger partial charge in [0.15, 0.2) is 5.82 Å². The van der Waals surface area contributed by atoms with Crippen LogP contribution in [0.3, 0.4) is 0 Å². The summed E-state index contributed by atoms with van der Waals surface area (Å²) >= 11 is 6.17. The number of nitrogens with zero attached hydrogens (tertiary/aromatic N) is 7. The van der Waals surface area contributed by atoms with Gasteiger partial charge in [-0.25, -0.2) is 0 Å². The molecule has 3 heterocycles. The van der Waals surface area contributed by atoms with E-state index in [2.05, 4.69) is 36.1 Å². The Bertz CT molecular complexity index is 1170. The molecule has 4 rings (SSSR count). The molecule has 0 saturated carbocycles. The predicted octanol–water partition coefficient (Wildman–Crippen LogP) is 1.94. The monoisotopic (exact) mass is 497 g/mol. The van der Waals surface area contributed by atoms with E-state index in [1.807, 2.05) is 17.0 Å². The minimum Gasteiger partial charge on any atom is -0.353 e. The standard InChI is InChI=1S/C23H28ClN9O2/c1-16-27-31-33(29-16)15-18-13-19(24)7-5-17(18)6-8-23(35)32-11-9-20(10-12-32)26-22(34)4-2-3-21-14-25-30-28-21/h5-8,13-14,20H,2-4,9-12,15H2,1H3,(H,26,34)(H,25,28,30). The number of aryl methyl sites for hydroxylation is 2. The number of likely N-dealkylation sites (tertiary alicyclic amines) is 1. The van der Waals surface area contributed by atoms with Gasteiger partial charge in [-0.2, -0.15) is 4.80 Å². The highest BCUT2D eigenvalue weighted by atomic mass is 35.5. The van der Waals surface area contributed by atoms with Gasteiger partial charge in [-0.15, -0.1) is 15.3 Å². The Morgan fingerprint density at radius 1 is 1.26 bits per heavy atom. The summed E-state index contributed by atoms with van der Waals surface area (Å²) in [6.45, 7) is 3.38. The van der Waals surface area contributed by atoms with E-state index < -0.39 is 0 Å². The van der Waals surface area contributed by atoms with Crippen LogP contribution in [0.2, 0.25) is 5.02 Å². The number of benzene rings is 1. The van der Waals surface area contributed by atoms with E-state index in [-0.39, 0.29) is 17.9 Å². The molecule has 3 aromatic rings. The fourth-order valence-corrected chi connectivity index (χ4v) is 4.20. The van der Waals surface area contributed by atoms with Crippen LogP contribution in [0.1, 0.15) is 48.3 Å². The van der Waals surface area contributed by atoms with Crippen LogP contribution in [0.25, 0.3) is 6.08 Å². The van der Waals surface area contributed by atoms with Crippen molar-refractivity contribution in [2.24, 2.45) is 0 Å². The molecule has 0 unspecified atom stereocenters. The number of H-pyrrole nitrogens is 1. The van der Waals surface area contributed by atoms with Crippen LogP contribution in [0.15, 0.2) is 30.5 Å². The summed E-state index contributed by atoms with van der Waals surface area (Å²) in [6.07, 6.45) is 8.46. The van der Waals surface area contributed by atoms with Gasteiger partial charge in [-0.05, 0) is 67.2 Å². The number of rotatable bonds is 9. The van der Waals surface area contributed by atoms with Gasteiger partial charge in [0.1, 0.15) is 0 Å². The Balaban J connectivity index is 1.24. The number of aromatic nitrogens is 7. The molecule has 0 aliphatic carbocycles. The minimum atomic E-state index is -0.0574. The maximum absolute atomic E-state index is 12.8. The molecule has 184 valence electrons. The molecular formula is C23H28ClN9O2. The van der Waals surface area contributed by atoms with Gasteiger partial charge < -0.3 is 10.2 Å². The third-order valence-corrected chi connectivity index (χ3v) is 6.09. The van der Waals surface area contributed by atoms with E-state index in [1.54, 1.807) is 31.3 Å². The van der Waals surface area contributed by atoms with Crippen LogP contribution in [0.5, 0.6) is 0 Å². The molecule has 0 atom stereocenters. The molecular weight excluding hydrogens is 470 g/mol. The molecule has 1 aliphatic rings. The van der Waals surface area contributed by atoms with Crippen molar-refractivity contribution in [3.63, 3.8) is 0 Å². The number of aromatic amines is 1. The fourth-order valence-electron chi connectivity index (χ4n) is 4.00. The fraction of sp³-hybridized carbons (Fsp3) is 0.435. The summed E-state index contributed by atoms with van der Waals surface area (Å²) in [5.74, 6) is 0.564. The second-order valence-electron chi connectivity index (χ2n) is 8.53. The highest BCUT2D eigenvalue weighted by Crippen LogP contribution is 2.19. The van der Waals surface area contributed by atoms with Crippen molar-refractivity contribution in [1.82, 2.24) is 45.8 Å². The average molecular weight is 498 g/mol. The van der Waals surface area contributed by atoms with Crippen molar-refractivity contribution in [2.45, 2.75) is 51.6 Å². The number of carbonyl (C=O) groups is 2. The topological polar surface area (TPSA) is 135 Å². The lowest BCUT2D eigenvalue weighted by Gasteiger charge is -2.31. The van der Waals surface area contributed by atoms with E-state index in [4.69, 9.17) is 11.6 Å². The van der Waals surface area contributed by atoms with Crippen molar-refractivity contribution < 1.29 is 9.59 Å². The van der Waals surface area contributed by atoms with E-state index >= 15 is 0 Å². The maximum Gasteiger partial charge on any atom is 0.246 e. The van der Waals surface area contributed by atoms with Crippen molar-refractivity contribution in [3.05, 3.63) is 58.1 Å². The summed E-state index contributed by atoms with van der Waals surface area (Å²) in [7, 11) is 0. The van der Waals surface area contributed by atoms with Crippen LogP contribution >= 0.6 is 11.6 Å². The SMILES string of the molecule is Cc1nnn(Cc2cc(Cl)ccc2C=CC(=O)N2CCC(NC(=O)CCCc3c[nH]nn3)CC2)n1. The molecule has 1 aromatic carbocycles. The highest BCUT2D eigenvalue weighted by molar-refractivity contribution is 6.30. The Labute approximate surface area is 207 Å². The molecule has 35 heavy (non-hydrogen) atoms. The van der Waals surface area contributed by atoms with Crippen LogP contribution in [-0.4, -0.2) is 71.5 Å². The second-order valence-corrected chi connectivity index (χ2v) is 8.97.